The molecule has 0 aliphatic heterocycles. The number of aromatic nitrogens is 1. The second-order valence-electron chi connectivity index (χ2n) is 4.93. The summed E-state index contributed by atoms with van der Waals surface area (Å²) >= 11 is 0. The number of benzene rings is 1. The fourth-order valence-corrected chi connectivity index (χ4v) is 2.64. The normalized spacial score (nSPS) is 16.2. The van der Waals surface area contributed by atoms with Gasteiger partial charge < -0.3 is 9.84 Å². The third kappa shape index (κ3) is 2.23. The van der Waals surface area contributed by atoms with E-state index in [4.69, 9.17) is 4.52 Å². The number of rotatable bonds is 3. The van der Waals surface area contributed by atoms with E-state index in [1.165, 1.54) is 25.7 Å². The first-order valence-electron chi connectivity index (χ1n) is 6.47. The zero-order valence-corrected chi connectivity index (χ0v) is 10.2. The lowest BCUT2D eigenvalue weighted by molar-refractivity contribution is -0.117. The molecule has 1 fully saturated rings. The van der Waals surface area contributed by atoms with Crippen LogP contribution in [0.2, 0.25) is 0 Å². The Labute approximate surface area is 105 Å². The summed E-state index contributed by atoms with van der Waals surface area (Å²) in [6, 6.07) is 7.54. The Kier molecular flexibility index (Phi) is 3.00. The van der Waals surface area contributed by atoms with Gasteiger partial charge >= 0.3 is 0 Å². The lowest BCUT2D eigenvalue weighted by Gasteiger charge is -2.07. The zero-order valence-electron chi connectivity index (χ0n) is 10.2. The molecule has 1 aliphatic rings. The second kappa shape index (κ2) is 4.80. The van der Waals surface area contributed by atoms with Crippen molar-refractivity contribution in [2.45, 2.75) is 32.1 Å². The number of carbonyl (C=O) groups is 1. The smallest absolute Gasteiger partial charge is 0.225 e. The van der Waals surface area contributed by atoms with Gasteiger partial charge in [0.2, 0.25) is 5.91 Å². The van der Waals surface area contributed by atoms with Crippen molar-refractivity contribution < 1.29 is 9.32 Å². The van der Waals surface area contributed by atoms with Crippen molar-refractivity contribution in [3.63, 3.8) is 0 Å². The average Bonchev–Trinajstić information content (AvgIpc) is 3.00. The molecule has 4 heteroatoms. The molecule has 4 nitrogen and oxygen atoms in total. The van der Waals surface area contributed by atoms with Crippen molar-refractivity contribution in [1.29, 1.82) is 0 Å². The standard InChI is InChI=1S/C14H16N2O2/c17-13(9-10-5-1-2-6-10)15-14-11-7-3-4-8-12(11)18-16-14/h3-4,7-8,10H,1-2,5-6,9H2,(H,15,16,17). The van der Waals surface area contributed by atoms with E-state index in [9.17, 15) is 4.79 Å². The van der Waals surface area contributed by atoms with Crippen LogP contribution in [0.5, 0.6) is 0 Å². The maximum Gasteiger partial charge on any atom is 0.225 e. The van der Waals surface area contributed by atoms with Gasteiger partial charge in [0.15, 0.2) is 11.4 Å². The summed E-state index contributed by atoms with van der Waals surface area (Å²) < 4.78 is 5.16. The minimum absolute atomic E-state index is 0.0425. The molecule has 1 aliphatic carbocycles. The highest BCUT2D eigenvalue weighted by Gasteiger charge is 2.19. The van der Waals surface area contributed by atoms with Gasteiger partial charge in [-0.1, -0.05) is 30.1 Å². The lowest BCUT2D eigenvalue weighted by Crippen LogP contribution is -2.15. The number of hydrogen-bond acceptors (Lipinski definition) is 3. The monoisotopic (exact) mass is 244 g/mol. The summed E-state index contributed by atoms with van der Waals surface area (Å²) in [6.07, 6.45) is 5.46. The van der Waals surface area contributed by atoms with E-state index in [-0.39, 0.29) is 5.91 Å². The van der Waals surface area contributed by atoms with Gasteiger partial charge in [0, 0.05) is 6.42 Å². The molecule has 1 aromatic heterocycles. The molecule has 1 aromatic carbocycles. The molecule has 0 bridgehead atoms. The van der Waals surface area contributed by atoms with Crippen LogP contribution in [-0.2, 0) is 4.79 Å². The van der Waals surface area contributed by atoms with Crippen LogP contribution in [0.4, 0.5) is 5.82 Å². The molecule has 0 saturated heterocycles. The van der Waals surface area contributed by atoms with E-state index >= 15 is 0 Å². The average molecular weight is 244 g/mol. The number of amides is 1. The third-order valence-electron chi connectivity index (χ3n) is 3.58. The Morgan fingerprint density at radius 2 is 2.11 bits per heavy atom. The molecule has 0 radical (unpaired) electrons. The van der Waals surface area contributed by atoms with Crippen molar-refractivity contribution in [1.82, 2.24) is 5.16 Å². The molecule has 0 spiro atoms. The van der Waals surface area contributed by atoms with Crippen LogP contribution in [0.25, 0.3) is 11.0 Å². The fraction of sp³-hybridized carbons (Fsp3) is 0.429. The molecule has 2 aromatic rings. The van der Waals surface area contributed by atoms with Crippen molar-refractivity contribution in [3.05, 3.63) is 24.3 Å². The Bertz CT molecular complexity index is 556. The minimum atomic E-state index is 0.0425. The molecule has 1 heterocycles. The molecule has 0 atom stereocenters. The third-order valence-corrected chi connectivity index (χ3v) is 3.58. The van der Waals surface area contributed by atoms with Gasteiger partial charge in [-0.3, -0.25) is 4.79 Å². The number of nitrogens with one attached hydrogen (secondary N) is 1. The number of anilines is 1. The van der Waals surface area contributed by atoms with Gasteiger partial charge in [0.1, 0.15) is 0 Å². The van der Waals surface area contributed by atoms with E-state index < -0.39 is 0 Å². The Balaban J connectivity index is 1.70. The summed E-state index contributed by atoms with van der Waals surface area (Å²) in [5.74, 6) is 1.12. The van der Waals surface area contributed by atoms with Crippen LogP contribution in [0.1, 0.15) is 32.1 Å². The largest absolute Gasteiger partial charge is 0.354 e. The van der Waals surface area contributed by atoms with Crippen LogP contribution in [0, 0.1) is 5.92 Å². The van der Waals surface area contributed by atoms with Crippen LogP contribution < -0.4 is 5.32 Å². The number of hydrogen-bond donors (Lipinski definition) is 1. The Hall–Kier alpha value is -1.84. The van der Waals surface area contributed by atoms with Crippen molar-refractivity contribution in [2.24, 2.45) is 5.92 Å². The van der Waals surface area contributed by atoms with E-state index in [2.05, 4.69) is 10.5 Å². The van der Waals surface area contributed by atoms with Crippen molar-refractivity contribution >= 4 is 22.7 Å². The van der Waals surface area contributed by atoms with E-state index in [0.29, 0.717) is 23.7 Å². The van der Waals surface area contributed by atoms with E-state index in [1.54, 1.807) is 0 Å². The maximum atomic E-state index is 11.9. The summed E-state index contributed by atoms with van der Waals surface area (Å²) in [7, 11) is 0. The van der Waals surface area contributed by atoms with Crippen molar-refractivity contribution in [2.75, 3.05) is 5.32 Å². The number of carbonyl (C=O) groups excluding carboxylic acids is 1. The molecule has 1 saturated carbocycles. The Morgan fingerprint density at radius 1 is 1.33 bits per heavy atom. The molecule has 1 amide bonds. The van der Waals surface area contributed by atoms with Crippen LogP contribution in [-0.4, -0.2) is 11.1 Å². The maximum absolute atomic E-state index is 11.9. The zero-order chi connectivity index (χ0) is 12.4. The van der Waals surface area contributed by atoms with Gasteiger partial charge in [-0.2, -0.15) is 0 Å². The SMILES string of the molecule is O=C(CC1CCCC1)Nc1noc2ccccc12. The van der Waals surface area contributed by atoms with Crippen LogP contribution in [0.3, 0.4) is 0 Å². The molecule has 1 N–H and O–H groups in total. The molecule has 3 rings (SSSR count). The topological polar surface area (TPSA) is 55.1 Å². The predicted molar refractivity (Wildman–Crippen MR) is 69.2 cm³/mol. The molecule has 94 valence electrons. The summed E-state index contributed by atoms with van der Waals surface area (Å²) in [4.78, 5) is 11.9. The predicted octanol–water partition coefficient (Wildman–Crippen LogP) is 3.35. The summed E-state index contributed by atoms with van der Waals surface area (Å²) in [6.45, 7) is 0. The van der Waals surface area contributed by atoms with Crippen LogP contribution >= 0.6 is 0 Å². The molecule has 0 unspecified atom stereocenters. The summed E-state index contributed by atoms with van der Waals surface area (Å²) in [5.41, 5.74) is 0.702. The minimum Gasteiger partial charge on any atom is -0.354 e. The highest BCUT2D eigenvalue weighted by atomic mass is 16.5. The molecule has 18 heavy (non-hydrogen) atoms. The second-order valence-corrected chi connectivity index (χ2v) is 4.93. The first kappa shape index (κ1) is 11.3. The van der Waals surface area contributed by atoms with Crippen LogP contribution in [0.15, 0.2) is 28.8 Å². The van der Waals surface area contributed by atoms with Gasteiger partial charge in [-0.05, 0) is 30.9 Å². The summed E-state index contributed by atoms with van der Waals surface area (Å²) in [5, 5.41) is 7.61. The highest BCUT2D eigenvalue weighted by molar-refractivity contribution is 5.98. The first-order valence-corrected chi connectivity index (χ1v) is 6.47. The Morgan fingerprint density at radius 3 is 2.94 bits per heavy atom. The number of nitrogens with zero attached hydrogens (tertiary/aromatic N) is 1. The fourth-order valence-electron chi connectivity index (χ4n) is 2.64. The van der Waals surface area contributed by atoms with E-state index in [0.717, 1.165) is 5.39 Å². The van der Waals surface area contributed by atoms with E-state index in [1.807, 2.05) is 24.3 Å². The highest BCUT2D eigenvalue weighted by Crippen LogP contribution is 2.28. The van der Waals surface area contributed by atoms with Gasteiger partial charge in [0.05, 0.1) is 5.39 Å². The molecular formula is C14H16N2O2. The van der Waals surface area contributed by atoms with Crippen molar-refractivity contribution in [3.8, 4) is 0 Å². The lowest BCUT2D eigenvalue weighted by atomic mass is 10.0. The number of para-hydroxylation sites is 1. The first-order chi connectivity index (χ1) is 8.83. The van der Waals surface area contributed by atoms with Gasteiger partial charge in [0.25, 0.3) is 0 Å². The quantitative estimate of drug-likeness (QED) is 0.900. The molecular weight excluding hydrogens is 228 g/mol. The number of fused-ring (bicyclic) bond motifs is 1. The van der Waals surface area contributed by atoms with Gasteiger partial charge in [-0.25, -0.2) is 0 Å². The van der Waals surface area contributed by atoms with Gasteiger partial charge in [-0.15, -0.1) is 0 Å².